The third kappa shape index (κ3) is 6.23. The number of benzene rings is 9. The van der Waals surface area contributed by atoms with Crippen molar-refractivity contribution in [2.45, 2.75) is 26.2 Å². The van der Waals surface area contributed by atoms with Crippen LogP contribution in [0.2, 0.25) is 0 Å². The normalized spacial score (nSPS) is 13.8. The van der Waals surface area contributed by atoms with Crippen LogP contribution in [0.5, 0.6) is 34.5 Å². The number of ether oxygens (including phenoxy) is 3. The highest BCUT2D eigenvalue weighted by Gasteiger charge is 2.48. The maximum absolute atomic E-state index is 6.89. The number of fused-ring (bicyclic) bond motifs is 6. The van der Waals surface area contributed by atoms with E-state index in [0.29, 0.717) is 12.4 Å². The zero-order chi connectivity index (χ0) is 50.4. The van der Waals surface area contributed by atoms with Gasteiger partial charge in [-0.15, -0.1) is 0 Å². The lowest BCUT2D eigenvalue weighted by molar-refractivity contribution is 0.464. The summed E-state index contributed by atoms with van der Waals surface area (Å²) in [4.78, 5) is 17.4. The number of imidazole rings is 2. The Morgan fingerprint density at radius 1 is 0.513 bits per heavy atom. The van der Waals surface area contributed by atoms with Crippen LogP contribution in [0.4, 0.5) is 39.8 Å². The van der Waals surface area contributed by atoms with Crippen molar-refractivity contribution in [2.75, 3.05) is 21.4 Å². The van der Waals surface area contributed by atoms with Crippen LogP contribution in [-0.4, -0.2) is 32.3 Å². The predicted molar refractivity (Wildman–Crippen MR) is 306 cm³/mol. The summed E-state index contributed by atoms with van der Waals surface area (Å²) >= 11 is 0. The van der Waals surface area contributed by atoms with Gasteiger partial charge in [0.1, 0.15) is 47.0 Å². The molecule has 12 aromatic rings. The molecule has 0 N–H and O–H groups in total. The van der Waals surface area contributed by atoms with Gasteiger partial charge in [0.25, 0.3) is 6.71 Å². The first-order chi connectivity index (χ1) is 37.3. The lowest BCUT2D eigenvalue weighted by Gasteiger charge is -2.43. The van der Waals surface area contributed by atoms with Gasteiger partial charge in [-0.3, -0.25) is 8.97 Å². The van der Waals surface area contributed by atoms with Gasteiger partial charge in [0.2, 0.25) is 5.78 Å². The lowest BCUT2D eigenvalue weighted by atomic mass is 9.33. The molecule has 76 heavy (non-hydrogen) atoms. The molecule has 0 bridgehead atoms. The number of aromatic nitrogens is 4. The molecule has 16 rings (SSSR count). The molecule has 0 aliphatic carbocycles. The number of anilines is 7. The van der Waals surface area contributed by atoms with Crippen LogP contribution in [0.25, 0.3) is 44.8 Å². The van der Waals surface area contributed by atoms with Crippen molar-refractivity contribution in [3.63, 3.8) is 0 Å². The summed E-state index contributed by atoms with van der Waals surface area (Å²) in [6.45, 7) is 7.18. The van der Waals surface area contributed by atoms with Crippen LogP contribution >= 0.6 is 0 Å². The van der Waals surface area contributed by atoms with Gasteiger partial charge in [-0.2, -0.15) is 0 Å². The Hall–Kier alpha value is -9.74. The zero-order valence-electron chi connectivity index (χ0n) is 41.8. The van der Waals surface area contributed by atoms with Crippen molar-refractivity contribution in [2.24, 2.45) is 0 Å². The second kappa shape index (κ2) is 15.9. The van der Waals surface area contributed by atoms with Gasteiger partial charge in [0.05, 0.1) is 44.8 Å². The van der Waals surface area contributed by atoms with Gasteiger partial charge in [0.15, 0.2) is 0 Å². The van der Waals surface area contributed by atoms with Crippen molar-refractivity contribution >= 4 is 90.8 Å². The summed E-state index contributed by atoms with van der Waals surface area (Å²) in [6, 6.07) is 72.5. The van der Waals surface area contributed by atoms with E-state index < -0.39 is 0 Å². The van der Waals surface area contributed by atoms with Gasteiger partial charge in [-0.05, 0) is 131 Å². The van der Waals surface area contributed by atoms with Gasteiger partial charge >= 0.3 is 0 Å². The highest BCUT2D eigenvalue weighted by molar-refractivity contribution is 7.00. The molecular formula is C65H46BN7O3. The first-order valence-corrected chi connectivity index (χ1v) is 25.9. The maximum atomic E-state index is 6.89. The first kappa shape index (κ1) is 42.7. The van der Waals surface area contributed by atoms with Crippen LogP contribution in [0.1, 0.15) is 26.3 Å². The topological polar surface area (TPSA) is 72.5 Å². The Morgan fingerprint density at radius 3 is 1.91 bits per heavy atom. The largest absolute Gasteiger partial charge is 0.458 e. The van der Waals surface area contributed by atoms with E-state index in [-0.39, 0.29) is 12.1 Å². The molecular weight excluding hydrogens is 938 g/mol. The molecule has 0 spiro atoms. The molecule has 9 aromatic carbocycles. The summed E-state index contributed by atoms with van der Waals surface area (Å²) in [6.07, 6.45) is 1.90. The van der Waals surface area contributed by atoms with Crippen molar-refractivity contribution in [1.29, 1.82) is 0 Å². The third-order valence-electron chi connectivity index (χ3n) is 15.6. The quantitative estimate of drug-likeness (QED) is 0.146. The summed E-state index contributed by atoms with van der Waals surface area (Å²) < 4.78 is 24.8. The maximum Gasteiger partial charge on any atom is 0.266 e. The molecule has 362 valence electrons. The molecule has 11 heteroatoms. The minimum atomic E-state index is -0.0666. The van der Waals surface area contributed by atoms with E-state index in [1.54, 1.807) is 0 Å². The molecule has 4 aliphatic heterocycles. The fourth-order valence-electron chi connectivity index (χ4n) is 12.3. The zero-order valence-corrected chi connectivity index (χ0v) is 41.8. The summed E-state index contributed by atoms with van der Waals surface area (Å²) in [5, 5.41) is 0. The molecule has 0 fully saturated rings. The Balaban J connectivity index is 0.812. The molecule has 0 saturated carbocycles. The van der Waals surface area contributed by atoms with Gasteiger partial charge in [-0.1, -0.05) is 112 Å². The van der Waals surface area contributed by atoms with E-state index in [1.807, 2.05) is 30.5 Å². The predicted octanol–water partition coefficient (Wildman–Crippen LogP) is 14.3. The van der Waals surface area contributed by atoms with E-state index in [4.69, 9.17) is 24.2 Å². The van der Waals surface area contributed by atoms with Crippen molar-refractivity contribution in [3.8, 4) is 51.4 Å². The molecule has 0 amide bonds. The minimum absolute atomic E-state index is 0.0387. The SMILES string of the molecule is CC(C)(C)c1ccnc(-n2c3cc(Oc4cccc(N5CN(c6c(-c7ccccc7)cccc6N6c7cccc8c7B7c9c(cccc9Oc9cccc6c97)O8)c6ccccc65)c4)ccc3n3c4ccccc4nc23)c1. The number of pyridine rings is 1. The van der Waals surface area contributed by atoms with Crippen LogP contribution in [0, 0.1) is 0 Å². The minimum Gasteiger partial charge on any atom is -0.458 e. The van der Waals surface area contributed by atoms with Crippen LogP contribution in [-0.2, 0) is 5.41 Å². The number of hydrogen-bond acceptors (Lipinski definition) is 8. The molecule has 7 heterocycles. The smallest absolute Gasteiger partial charge is 0.266 e. The Kier molecular flexibility index (Phi) is 8.93. The van der Waals surface area contributed by atoms with Crippen LogP contribution < -0.4 is 45.3 Å². The van der Waals surface area contributed by atoms with E-state index >= 15 is 0 Å². The molecule has 0 atom stereocenters. The number of hydrogen-bond donors (Lipinski definition) is 0. The highest BCUT2D eigenvalue weighted by atomic mass is 16.5. The number of rotatable bonds is 7. The van der Waals surface area contributed by atoms with Gasteiger partial charge in [0, 0.05) is 46.4 Å². The summed E-state index contributed by atoms with van der Waals surface area (Å²) in [5.74, 6) is 6.43. The molecule has 10 nitrogen and oxygen atoms in total. The standard InChI is InChI=1S/C65H46BN7O3/c1-65(2,3)41-34-35-67-59(36-41)73-54-38-44(32-33-50(54)72-47-22-8-7-21-46(47)68-64(72)73)74-43-19-11-18-42(37-43)69-39-70(49-24-10-9-23-48(49)69)63-45(40-16-5-4-6-17-40)20-12-27-53(63)71-51-25-13-28-55-60(51)66-61-52(71)26-14-29-56(61)76-58-31-15-30-57(75-55)62(58)66/h4-38H,39H2,1-3H3. The summed E-state index contributed by atoms with van der Waals surface area (Å²) in [5.41, 5.74) is 18.1. The number of nitrogens with zero attached hydrogens (tertiary/aromatic N) is 7. The Morgan fingerprint density at radius 2 is 1.14 bits per heavy atom. The summed E-state index contributed by atoms with van der Waals surface area (Å²) in [7, 11) is 0. The fraction of sp³-hybridized carbons (Fsp3) is 0.0769. The lowest BCUT2D eigenvalue weighted by Crippen LogP contribution is -2.61. The van der Waals surface area contributed by atoms with Crippen molar-refractivity contribution in [1.82, 2.24) is 18.9 Å². The second-order valence-electron chi connectivity index (χ2n) is 21.0. The third-order valence-corrected chi connectivity index (χ3v) is 15.6. The first-order valence-electron chi connectivity index (χ1n) is 25.9. The second-order valence-corrected chi connectivity index (χ2v) is 21.0. The van der Waals surface area contributed by atoms with Crippen molar-refractivity contribution < 1.29 is 14.2 Å². The Bertz CT molecular complexity index is 4330. The van der Waals surface area contributed by atoms with Gasteiger partial charge in [-0.25, -0.2) is 9.97 Å². The molecule has 0 radical (unpaired) electrons. The highest BCUT2D eigenvalue weighted by Crippen LogP contribution is 2.54. The average Bonchev–Trinajstić information content (AvgIpc) is 4.25. The van der Waals surface area contributed by atoms with Crippen LogP contribution in [0.3, 0.4) is 0 Å². The Labute approximate surface area is 438 Å². The molecule has 4 aliphatic rings. The molecule has 0 unspecified atom stereocenters. The van der Waals surface area contributed by atoms with E-state index in [9.17, 15) is 0 Å². The van der Waals surface area contributed by atoms with E-state index in [0.717, 1.165) is 130 Å². The molecule has 0 saturated heterocycles. The van der Waals surface area contributed by atoms with Crippen molar-refractivity contribution in [3.05, 3.63) is 218 Å². The van der Waals surface area contributed by atoms with Crippen LogP contribution in [0.15, 0.2) is 212 Å². The fourth-order valence-corrected chi connectivity index (χ4v) is 12.3. The van der Waals surface area contributed by atoms with E-state index in [1.165, 1.54) is 5.56 Å². The van der Waals surface area contributed by atoms with E-state index in [2.05, 4.69) is 226 Å². The number of para-hydroxylation sites is 5. The monoisotopic (exact) mass is 983 g/mol. The van der Waals surface area contributed by atoms with Gasteiger partial charge < -0.3 is 28.9 Å². The molecule has 3 aromatic heterocycles. The average molecular weight is 984 g/mol.